The van der Waals surface area contributed by atoms with Crippen molar-refractivity contribution in [1.82, 2.24) is 0 Å². The highest BCUT2D eigenvalue weighted by molar-refractivity contribution is 6.01. The fraction of sp³-hybridized carbons (Fsp3) is 0.815. The Morgan fingerprint density at radius 2 is 1.31 bits per heavy atom. The molecule has 36 heavy (non-hydrogen) atoms. The minimum absolute atomic E-state index is 0.128. The van der Waals surface area contributed by atoms with Crippen molar-refractivity contribution in [3.05, 3.63) is 12.2 Å². The Labute approximate surface area is 216 Å². The van der Waals surface area contributed by atoms with Crippen molar-refractivity contribution in [1.29, 1.82) is 0 Å². The van der Waals surface area contributed by atoms with E-state index >= 15 is 0 Å². The molecule has 0 aromatic heterocycles. The zero-order chi connectivity index (χ0) is 27.0. The highest BCUT2D eigenvalue weighted by Crippen LogP contribution is 2.17. The predicted molar refractivity (Wildman–Crippen MR) is 139 cm³/mol. The van der Waals surface area contributed by atoms with Gasteiger partial charge < -0.3 is 21.7 Å². The molecule has 0 heterocycles. The molecule has 0 amide bonds. The summed E-state index contributed by atoms with van der Waals surface area (Å²) < 4.78 is 0. The number of carbonyl (C=O) groups is 3. The molecule has 3 unspecified atom stereocenters. The van der Waals surface area contributed by atoms with Gasteiger partial charge in [0.15, 0.2) is 5.78 Å². The van der Waals surface area contributed by atoms with Gasteiger partial charge in [-0.3, -0.25) is 4.79 Å². The summed E-state index contributed by atoms with van der Waals surface area (Å²) in [5.41, 5.74) is 11.1. The predicted octanol–water partition coefficient (Wildman–Crippen LogP) is 3.63. The van der Waals surface area contributed by atoms with Crippen LogP contribution in [0.4, 0.5) is 0 Å². The third-order valence-corrected chi connectivity index (χ3v) is 6.11. The fourth-order valence-corrected chi connectivity index (χ4v) is 3.77. The lowest BCUT2D eigenvalue weighted by atomic mass is 9.93. The summed E-state index contributed by atoms with van der Waals surface area (Å²) in [5, 5.41) is 18.8. The van der Waals surface area contributed by atoms with Gasteiger partial charge in [0.25, 0.3) is 0 Å². The largest absolute Gasteiger partial charge is 0.393 e. The van der Waals surface area contributed by atoms with Crippen LogP contribution in [0, 0.1) is 5.92 Å². The number of carbonyl (C=O) groups excluding carboxylic acids is 3. The molecule has 6 N–H and O–H groups in total. The zero-order valence-corrected chi connectivity index (χ0v) is 22.2. The van der Waals surface area contributed by atoms with Crippen molar-refractivity contribution in [3.8, 4) is 0 Å². The van der Waals surface area contributed by atoms with Crippen molar-refractivity contribution >= 4 is 17.7 Å². The summed E-state index contributed by atoms with van der Waals surface area (Å²) in [6.07, 6.45) is 17.7. The van der Waals surface area contributed by atoms with Gasteiger partial charge in [0.05, 0.1) is 6.61 Å². The number of ketones is 1. The first-order valence-electron chi connectivity index (χ1n) is 13.7. The number of nitrogens with two attached hydrogens (primary N) is 2. The summed E-state index contributed by atoms with van der Waals surface area (Å²) in [4.78, 5) is 45.7. The molecular weight excluding hydrogens is 464 g/mol. The van der Waals surface area contributed by atoms with Gasteiger partial charge in [0.2, 0.25) is 0 Å². The van der Waals surface area contributed by atoms with Gasteiger partial charge in [0, 0.05) is 0 Å². The average Bonchev–Trinajstić information content (AvgIpc) is 2.88. The van der Waals surface area contributed by atoms with E-state index in [-0.39, 0.29) is 6.42 Å². The lowest BCUT2D eigenvalue weighted by Gasteiger charge is -2.16. The van der Waals surface area contributed by atoms with Gasteiger partial charge in [-0.1, -0.05) is 76.9 Å². The minimum Gasteiger partial charge on any atom is -0.393 e. The van der Waals surface area contributed by atoms with Crippen molar-refractivity contribution in [2.45, 2.75) is 122 Å². The molecule has 0 bridgehead atoms. The third-order valence-electron chi connectivity index (χ3n) is 6.11. The Balaban J connectivity index is 4.28. The van der Waals surface area contributed by atoms with E-state index in [9.17, 15) is 19.5 Å². The Kier molecular flexibility index (Phi) is 22.4. The Hall–Kier alpha value is -1.81. The molecule has 0 spiro atoms. The van der Waals surface area contributed by atoms with E-state index in [0.717, 1.165) is 32.1 Å². The molecule has 0 saturated heterocycles. The van der Waals surface area contributed by atoms with E-state index < -0.39 is 42.4 Å². The highest BCUT2D eigenvalue weighted by atomic mass is 17.2. The minimum atomic E-state index is -1.70. The van der Waals surface area contributed by atoms with Crippen LogP contribution >= 0.6 is 0 Å². The first-order valence-corrected chi connectivity index (χ1v) is 13.7. The molecule has 0 aromatic rings. The second-order valence-corrected chi connectivity index (χ2v) is 9.37. The number of aliphatic hydroxyl groups is 2. The highest BCUT2D eigenvalue weighted by Gasteiger charge is 2.34. The molecular formula is C27H50N2O7. The van der Waals surface area contributed by atoms with Gasteiger partial charge in [-0.25, -0.2) is 19.4 Å². The van der Waals surface area contributed by atoms with E-state index in [4.69, 9.17) is 16.6 Å². The molecule has 0 aliphatic carbocycles. The van der Waals surface area contributed by atoms with Gasteiger partial charge in [0.1, 0.15) is 18.1 Å². The molecule has 9 nitrogen and oxygen atoms in total. The molecule has 0 rings (SSSR count). The Morgan fingerprint density at radius 3 is 1.89 bits per heavy atom. The van der Waals surface area contributed by atoms with Gasteiger partial charge in [-0.2, -0.15) is 0 Å². The van der Waals surface area contributed by atoms with Crippen LogP contribution in [0.25, 0.3) is 0 Å². The van der Waals surface area contributed by atoms with Crippen LogP contribution < -0.4 is 11.5 Å². The summed E-state index contributed by atoms with van der Waals surface area (Å²) in [6, 6.07) is -0.971. The molecule has 0 aliphatic heterocycles. The summed E-state index contributed by atoms with van der Waals surface area (Å²) >= 11 is 0. The van der Waals surface area contributed by atoms with E-state index in [1.165, 1.54) is 38.5 Å². The molecule has 0 aromatic carbocycles. The summed E-state index contributed by atoms with van der Waals surface area (Å²) in [5.74, 6) is -4.18. The number of hydrogen-bond acceptors (Lipinski definition) is 9. The van der Waals surface area contributed by atoms with Crippen molar-refractivity contribution in [2.75, 3.05) is 13.2 Å². The van der Waals surface area contributed by atoms with E-state index in [1.807, 2.05) is 0 Å². The summed E-state index contributed by atoms with van der Waals surface area (Å²) in [7, 11) is 0. The quantitative estimate of drug-likeness (QED) is 0.0524. The topological polar surface area (TPSA) is 162 Å². The van der Waals surface area contributed by atoms with E-state index in [2.05, 4.69) is 28.9 Å². The second-order valence-electron chi connectivity index (χ2n) is 9.37. The summed E-state index contributed by atoms with van der Waals surface area (Å²) in [6.45, 7) is 1.89. The fourth-order valence-electron chi connectivity index (χ4n) is 3.77. The van der Waals surface area contributed by atoms with Gasteiger partial charge in [-0.05, 0) is 51.5 Å². The maximum absolute atomic E-state index is 12.4. The number of aliphatic hydroxyl groups excluding tert-OH is 2. The lowest BCUT2D eigenvalue weighted by molar-refractivity contribution is -0.263. The monoisotopic (exact) mass is 514 g/mol. The lowest BCUT2D eigenvalue weighted by Crippen LogP contribution is -2.38. The molecule has 210 valence electrons. The maximum atomic E-state index is 12.4. The number of Topliss-reactive ketones (excluding diaryl/α,β-unsaturated/α-hetero) is 1. The third kappa shape index (κ3) is 17.6. The molecule has 0 aliphatic rings. The molecule has 3 atom stereocenters. The van der Waals surface area contributed by atoms with Crippen LogP contribution in [0.3, 0.4) is 0 Å². The van der Waals surface area contributed by atoms with Crippen LogP contribution in [-0.2, 0) is 24.2 Å². The molecule has 0 radical (unpaired) electrons. The van der Waals surface area contributed by atoms with Crippen LogP contribution in [0.1, 0.15) is 110 Å². The number of hydrogen-bond donors (Lipinski definition) is 4. The van der Waals surface area contributed by atoms with E-state index in [0.29, 0.717) is 32.2 Å². The number of unbranched alkanes of at least 4 members (excludes halogenated alkanes) is 11. The van der Waals surface area contributed by atoms with E-state index in [1.54, 1.807) is 0 Å². The molecule has 0 saturated carbocycles. The normalized spacial score (nSPS) is 13.9. The first-order chi connectivity index (χ1) is 17.4. The molecule has 9 heteroatoms. The molecule has 0 fully saturated rings. The van der Waals surface area contributed by atoms with Gasteiger partial charge >= 0.3 is 11.9 Å². The Morgan fingerprint density at radius 1 is 0.778 bits per heavy atom. The SMILES string of the molecule is CCCCCCCC/C=C\CCCCCCC(C(=O)OOC(=O)C(N)CCCCN)C(=O)C(O)CO. The number of allylic oxidation sites excluding steroid dienone is 2. The van der Waals surface area contributed by atoms with Crippen LogP contribution in [0.15, 0.2) is 12.2 Å². The van der Waals surface area contributed by atoms with Gasteiger partial charge in [-0.15, -0.1) is 0 Å². The van der Waals surface area contributed by atoms with Crippen molar-refractivity contribution in [2.24, 2.45) is 17.4 Å². The van der Waals surface area contributed by atoms with Crippen LogP contribution in [0.2, 0.25) is 0 Å². The van der Waals surface area contributed by atoms with Crippen LogP contribution in [-0.4, -0.2) is 53.2 Å². The smallest absolute Gasteiger partial charge is 0.372 e. The number of rotatable bonds is 23. The van der Waals surface area contributed by atoms with Crippen molar-refractivity contribution in [3.63, 3.8) is 0 Å². The Bertz CT molecular complexity index is 613. The second kappa shape index (κ2) is 23.6. The first kappa shape index (κ1) is 34.2. The zero-order valence-electron chi connectivity index (χ0n) is 22.2. The van der Waals surface area contributed by atoms with Crippen LogP contribution in [0.5, 0.6) is 0 Å². The van der Waals surface area contributed by atoms with Crippen molar-refractivity contribution < 1.29 is 34.4 Å². The standard InChI is InChI=1S/C27H50N2O7/c1-2-3-4-5-6-7-8-9-10-11-12-13-14-15-18-22(25(32)24(31)21-30)26(33)35-36-27(34)23(29)19-16-17-20-28/h9-10,22-24,30-31H,2-8,11-21,28-29H2,1H3/b10-9-. The maximum Gasteiger partial charge on any atom is 0.372 e. The average molecular weight is 515 g/mol.